The minimum atomic E-state index is -0.863. The van der Waals surface area contributed by atoms with Crippen LogP contribution in [0.3, 0.4) is 0 Å². The summed E-state index contributed by atoms with van der Waals surface area (Å²) in [6.45, 7) is 3.36. The number of aryl methyl sites for hydroxylation is 2. The van der Waals surface area contributed by atoms with Crippen molar-refractivity contribution in [2.75, 3.05) is 16.8 Å². The van der Waals surface area contributed by atoms with Crippen molar-refractivity contribution in [3.05, 3.63) is 90.8 Å². The fourth-order valence-corrected chi connectivity index (χ4v) is 5.32. The van der Waals surface area contributed by atoms with Crippen LogP contribution in [0.25, 0.3) is 6.08 Å². The number of carbonyl (C=O) groups is 4. The van der Waals surface area contributed by atoms with Gasteiger partial charge in [-0.3, -0.25) is 19.7 Å². The summed E-state index contributed by atoms with van der Waals surface area (Å²) in [6, 6.07) is 14.6. The van der Waals surface area contributed by atoms with Crippen LogP contribution in [0, 0.1) is 13.8 Å². The predicted molar refractivity (Wildman–Crippen MR) is 152 cm³/mol. The van der Waals surface area contributed by atoms with E-state index in [9.17, 15) is 19.2 Å². The molecule has 8 nitrogen and oxygen atoms in total. The first-order valence-electron chi connectivity index (χ1n) is 11.2. The number of hydrogen-bond donors (Lipinski definition) is 2. The molecule has 0 spiro atoms. The van der Waals surface area contributed by atoms with Gasteiger partial charge in [-0.15, -0.1) is 0 Å². The van der Waals surface area contributed by atoms with Gasteiger partial charge >= 0.3 is 6.03 Å². The molecule has 5 amide bonds. The monoisotopic (exact) mass is 659 g/mol. The minimum Gasteiger partial charge on any atom is -0.481 e. The first kappa shape index (κ1) is 27.6. The fourth-order valence-electron chi connectivity index (χ4n) is 3.70. The molecule has 0 radical (unpaired) electrons. The standard InChI is InChI=1S/C27H20Br2ClN3O5/c1-14-5-3-4-6-21(14)31-23(34)13-38-24-19(28)10-16(11-20(24)29)9-18-25(35)32-27(37)33(26(18)36)22-12-17(30)8-7-15(22)2/h3-12H,13H2,1-2H3,(H,31,34)(H,32,35,37)/b18-9+. The molecule has 0 aromatic heterocycles. The molecule has 0 saturated carbocycles. The molecule has 0 aliphatic carbocycles. The molecular weight excluding hydrogens is 642 g/mol. The van der Waals surface area contributed by atoms with E-state index in [0.29, 0.717) is 36.5 Å². The number of imide groups is 2. The van der Waals surface area contributed by atoms with Crippen molar-refractivity contribution in [2.24, 2.45) is 0 Å². The maximum absolute atomic E-state index is 13.2. The van der Waals surface area contributed by atoms with Gasteiger partial charge in [0.05, 0.1) is 14.6 Å². The lowest BCUT2D eigenvalue weighted by Gasteiger charge is -2.27. The van der Waals surface area contributed by atoms with E-state index in [2.05, 4.69) is 42.5 Å². The van der Waals surface area contributed by atoms with Crippen LogP contribution in [-0.4, -0.2) is 30.4 Å². The summed E-state index contributed by atoms with van der Waals surface area (Å²) in [7, 11) is 0. The van der Waals surface area contributed by atoms with Gasteiger partial charge in [0.25, 0.3) is 17.7 Å². The van der Waals surface area contributed by atoms with E-state index < -0.39 is 17.8 Å². The summed E-state index contributed by atoms with van der Waals surface area (Å²) >= 11 is 12.9. The van der Waals surface area contributed by atoms with E-state index in [1.165, 1.54) is 12.1 Å². The molecule has 0 unspecified atom stereocenters. The van der Waals surface area contributed by atoms with E-state index in [1.807, 2.05) is 25.1 Å². The number of hydrogen-bond acceptors (Lipinski definition) is 5. The molecule has 194 valence electrons. The van der Waals surface area contributed by atoms with Crippen molar-refractivity contribution in [3.8, 4) is 5.75 Å². The van der Waals surface area contributed by atoms with Crippen LogP contribution in [0.2, 0.25) is 5.02 Å². The Hall–Kier alpha value is -3.47. The Balaban J connectivity index is 1.55. The normalized spacial score (nSPS) is 14.5. The summed E-state index contributed by atoms with van der Waals surface area (Å²) in [5.41, 5.74) is 2.74. The summed E-state index contributed by atoms with van der Waals surface area (Å²) in [6.07, 6.45) is 1.36. The summed E-state index contributed by atoms with van der Waals surface area (Å²) in [5, 5.41) is 5.33. The van der Waals surface area contributed by atoms with Crippen LogP contribution in [0.4, 0.5) is 16.2 Å². The van der Waals surface area contributed by atoms with Gasteiger partial charge in [0.15, 0.2) is 6.61 Å². The van der Waals surface area contributed by atoms with Crippen LogP contribution < -0.4 is 20.3 Å². The van der Waals surface area contributed by atoms with Gasteiger partial charge in [0, 0.05) is 10.7 Å². The number of carbonyl (C=O) groups excluding carboxylic acids is 4. The summed E-state index contributed by atoms with van der Waals surface area (Å²) in [5.74, 6) is -1.59. The lowest BCUT2D eigenvalue weighted by Crippen LogP contribution is -2.54. The molecular formula is C27H20Br2ClN3O5. The largest absolute Gasteiger partial charge is 0.481 e. The number of nitrogens with zero attached hydrogens (tertiary/aromatic N) is 1. The SMILES string of the molecule is Cc1ccccc1NC(=O)COc1c(Br)cc(/C=C2\C(=O)NC(=O)N(c3cc(Cl)ccc3C)C2=O)cc1Br. The Morgan fingerprint density at radius 2 is 1.71 bits per heavy atom. The number of nitrogens with one attached hydrogen (secondary N) is 2. The van der Waals surface area contributed by atoms with Gasteiger partial charge in [-0.1, -0.05) is 35.9 Å². The molecule has 1 saturated heterocycles. The van der Waals surface area contributed by atoms with Gasteiger partial charge in [0.1, 0.15) is 11.3 Å². The summed E-state index contributed by atoms with van der Waals surface area (Å²) in [4.78, 5) is 51.6. The lowest BCUT2D eigenvalue weighted by molar-refractivity contribution is -0.122. The molecule has 3 aromatic carbocycles. The van der Waals surface area contributed by atoms with E-state index in [1.54, 1.807) is 37.3 Å². The molecule has 11 heteroatoms. The zero-order valence-electron chi connectivity index (χ0n) is 20.1. The maximum Gasteiger partial charge on any atom is 0.335 e. The Morgan fingerprint density at radius 1 is 1.03 bits per heavy atom. The molecule has 3 aromatic rings. The number of rotatable bonds is 6. The summed E-state index contributed by atoms with van der Waals surface area (Å²) < 4.78 is 6.66. The third-order valence-electron chi connectivity index (χ3n) is 5.61. The van der Waals surface area contributed by atoms with E-state index in [4.69, 9.17) is 16.3 Å². The zero-order valence-corrected chi connectivity index (χ0v) is 24.0. The van der Waals surface area contributed by atoms with Crippen molar-refractivity contribution in [3.63, 3.8) is 0 Å². The molecule has 1 aliphatic rings. The molecule has 1 aliphatic heterocycles. The highest BCUT2D eigenvalue weighted by molar-refractivity contribution is 9.11. The van der Waals surface area contributed by atoms with Crippen molar-refractivity contribution in [1.82, 2.24) is 5.32 Å². The van der Waals surface area contributed by atoms with Gasteiger partial charge in [-0.05, 0) is 98.8 Å². The topological polar surface area (TPSA) is 105 Å². The van der Waals surface area contributed by atoms with Crippen molar-refractivity contribution in [2.45, 2.75) is 13.8 Å². The van der Waals surface area contributed by atoms with Gasteiger partial charge in [-0.2, -0.15) is 0 Å². The lowest BCUT2D eigenvalue weighted by atomic mass is 10.1. The van der Waals surface area contributed by atoms with Crippen LogP contribution in [0.15, 0.2) is 69.1 Å². The zero-order chi connectivity index (χ0) is 27.6. The highest BCUT2D eigenvalue weighted by Crippen LogP contribution is 2.36. The highest BCUT2D eigenvalue weighted by Gasteiger charge is 2.37. The molecule has 1 fully saturated rings. The average Bonchev–Trinajstić information content (AvgIpc) is 2.84. The van der Waals surface area contributed by atoms with Crippen molar-refractivity contribution in [1.29, 1.82) is 0 Å². The van der Waals surface area contributed by atoms with Crippen molar-refractivity contribution < 1.29 is 23.9 Å². The molecule has 1 heterocycles. The Morgan fingerprint density at radius 3 is 2.39 bits per heavy atom. The van der Waals surface area contributed by atoms with Crippen LogP contribution in [-0.2, 0) is 14.4 Å². The Labute approximate surface area is 240 Å². The van der Waals surface area contributed by atoms with Crippen molar-refractivity contribution >= 4 is 84.7 Å². The maximum atomic E-state index is 13.2. The van der Waals surface area contributed by atoms with Gasteiger partial charge in [0.2, 0.25) is 0 Å². The first-order chi connectivity index (χ1) is 18.0. The van der Waals surface area contributed by atoms with E-state index in [0.717, 1.165) is 10.5 Å². The number of halogens is 3. The number of barbiturate groups is 1. The second kappa shape index (κ2) is 11.5. The number of urea groups is 1. The van der Waals surface area contributed by atoms with E-state index >= 15 is 0 Å². The van der Waals surface area contributed by atoms with E-state index in [-0.39, 0.29) is 23.8 Å². The first-order valence-corrected chi connectivity index (χ1v) is 13.2. The van der Waals surface area contributed by atoms with Gasteiger partial charge in [-0.25, -0.2) is 9.69 Å². The highest BCUT2D eigenvalue weighted by atomic mass is 79.9. The Bertz CT molecular complexity index is 1500. The number of para-hydroxylation sites is 1. The number of amides is 5. The van der Waals surface area contributed by atoms with Crippen LogP contribution in [0.1, 0.15) is 16.7 Å². The third kappa shape index (κ3) is 5.98. The second-order valence-electron chi connectivity index (χ2n) is 8.35. The minimum absolute atomic E-state index is 0.242. The predicted octanol–water partition coefficient (Wildman–Crippen LogP) is 6.17. The van der Waals surface area contributed by atoms with Gasteiger partial charge < -0.3 is 10.1 Å². The fraction of sp³-hybridized carbons (Fsp3) is 0.111. The molecule has 0 bridgehead atoms. The van der Waals surface area contributed by atoms with Crippen LogP contribution >= 0.6 is 43.5 Å². The van der Waals surface area contributed by atoms with Crippen LogP contribution in [0.5, 0.6) is 5.75 Å². The third-order valence-corrected chi connectivity index (χ3v) is 7.03. The average molecular weight is 662 g/mol. The Kier molecular flexibility index (Phi) is 8.35. The quantitative estimate of drug-likeness (QED) is 0.243. The molecule has 38 heavy (non-hydrogen) atoms. The number of anilines is 2. The number of ether oxygens (including phenoxy) is 1. The molecule has 2 N–H and O–H groups in total. The molecule has 0 atom stereocenters. The molecule has 4 rings (SSSR count). The smallest absolute Gasteiger partial charge is 0.335 e. The number of benzene rings is 3. The second-order valence-corrected chi connectivity index (χ2v) is 10.5.